The number of rotatable bonds is 21. The van der Waals surface area contributed by atoms with Crippen molar-refractivity contribution in [2.24, 2.45) is 11.0 Å². The van der Waals surface area contributed by atoms with E-state index in [1.54, 1.807) is 19.1 Å². The van der Waals surface area contributed by atoms with Gasteiger partial charge in [0.2, 0.25) is 0 Å². The number of Topliss-reactive ketones (excluding diaryl/α,β-unsaturated/α-hetero) is 1. The molecule has 1 atom stereocenters. The van der Waals surface area contributed by atoms with Crippen molar-refractivity contribution in [1.29, 1.82) is 0 Å². The lowest BCUT2D eigenvalue weighted by Gasteiger charge is -2.14. The maximum atomic E-state index is 13.2. The molecule has 0 spiro atoms. The fourth-order valence-electron chi connectivity index (χ4n) is 5.46. The number of hydrazone groups is 1. The number of amides is 1. The molecule has 3 rings (SSSR count). The number of hydrogen-bond acceptors (Lipinski definition) is 4. The molecule has 0 aliphatic carbocycles. The summed E-state index contributed by atoms with van der Waals surface area (Å²) in [4.78, 5) is 26.2. The van der Waals surface area contributed by atoms with E-state index in [0.717, 1.165) is 17.7 Å². The van der Waals surface area contributed by atoms with Gasteiger partial charge in [0.1, 0.15) is 11.7 Å². The van der Waals surface area contributed by atoms with Gasteiger partial charge in [-0.2, -0.15) is 10.1 Å². The smallest absolute Gasteiger partial charge is 0.264 e. The zero-order valence-corrected chi connectivity index (χ0v) is 25.8. The zero-order chi connectivity index (χ0) is 29.3. The molecule has 0 saturated carbocycles. The second kappa shape index (κ2) is 18.5. The molecule has 0 bridgehead atoms. The van der Waals surface area contributed by atoms with Crippen LogP contribution in [-0.4, -0.2) is 24.0 Å². The molecule has 1 aliphatic rings. The summed E-state index contributed by atoms with van der Waals surface area (Å²) in [6, 6.07) is 14.7. The monoisotopic (exact) mass is 560 g/mol. The van der Waals surface area contributed by atoms with E-state index in [9.17, 15) is 9.59 Å². The topological polar surface area (TPSA) is 59.0 Å². The van der Waals surface area contributed by atoms with E-state index in [4.69, 9.17) is 4.74 Å². The summed E-state index contributed by atoms with van der Waals surface area (Å²) in [7, 11) is 0. The predicted octanol–water partition coefficient (Wildman–Crippen LogP) is 9.86. The third-order valence-electron chi connectivity index (χ3n) is 8.08. The molecule has 224 valence electrons. The Morgan fingerprint density at radius 2 is 1.20 bits per heavy atom. The van der Waals surface area contributed by atoms with Crippen molar-refractivity contribution in [2.45, 2.75) is 124 Å². The van der Waals surface area contributed by atoms with Gasteiger partial charge in [-0.25, -0.2) is 0 Å². The van der Waals surface area contributed by atoms with Gasteiger partial charge in [0, 0.05) is 5.56 Å². The Bertz CT molecular complexity index is 1080. The van der Waals surface area contributed by atoms with E-state index >= 15 is 0 Å². The average Bonchev–Trinajstić information content (AvgIpc) is 3.28. The van der Waals surface area contributed by atoms with Crippen LogP contribution in [0.15, 0.2) is 53.6 Å². The van der Waals surface area contributed by atoms with Crippen molar-refractivity contribution in [3.8, 4) is 5.75 Å². The largest absolute Gasteiger partial charge is 0.494 e. The van der Waals surface area contributed by atoms with E-state index in [1.807, 2.05) is 43.3 Å². The van der Waals surface area contributed by atoms with Crippen LogP contribution < -0.4 is 9.75 Å². The van der Waals surface area contributed by atoms with Crippen LogP contribution in [0.3, 0.4) is 0 Å². The van der Waals surface area contributed by atoms with Crippen molar-refractivity contribution < 1.29 is 14.3 Å². The fraction of sp³-hybridized carbons (Fsp3) is 0.583. The molecular weight excluding hydrogens is 508 g/mol. The number of nitrogens with zero attached hydrogens (tertiary/aromatic N) is 2. The highest BCUT2D eigenvalue weighted by atomic mass is 16.5. The zero-order valence-electron chi connectivity index (χ0n) is 25.8. The summed E-state index contributed by atoms with van der Waals surface area (Å²) in [6.07, 6.45) is 21.6. The average molecular weight is 561 g/mol. The lowest BCUT2D eigenvalue weighted by Crippen LogP contribution is -2.32. The Morgan fingerprint density at radius 3 is 1.71 bits per heavy atom. The maximum Gasteiger partial charge on any atom is 0.264 e. The molecule has 1 unspecified atom stereocenters. The number of benzene rings is 2. The second-order valence-corrected chi connectivity index (χ2v) is 11.7. The molecule has 0 saturated heterocycles. The van der Waals surface area contributed by atoms with Crippen LogP contribution in [0.25, 0.3) is 0 Å². The number of hydrogen-bond donors (Lipinski definition) is 0. The third-order valence-corrected chi connectivity index (χ3v) is 8.08. The number of ether oxygens (including phenoxy) is 1. The van der Waals surface area contributed by atoms with Crippen molar-refractivity contribution in [3.05, 3.63) is 59.7 Å². The molecular formula is C36H52N2O3. The molecule has 5 nitrogen and oxygen atoms in total. The Hall–Kier alpha value is -2.95. The summed E-state index contributed by atoms with van der Waals surface area (Å²) >= 11 is 0. The summed E-state index contributed by atoms with van der Waals surface area (Å²) in [5.41, 5.74) is 2.79. The maximum absolute atomic E-state index is 13.2. The van der Waals surface area contributed by atoms with Gasteiger partial charge in [0.25, 0.3) is 5.91 Å². The van der Waals surface area contributed by atoms with Crippen LogP contribution in [0, 0.1) is 12.8 Å². The Kier molecular flexibility index (Phi) is 14.7. The number of aryl methyl sites for hydroxylation is 1. The van der Waals surface area contributed by atoms with Crippen LogP contribution in [0.5, 0.6) is 5.75 Å². The van der Waals surface area contributed by atoms with E-state index in [0.29, 0.717) is 23.6 Å². The van der Waals surface area contributed by atoms with Crippen molar-refractivity contribution in [2.75, 3.05) is 11.6 Å². The standard InChI is InChI=1S/C36H52N2O3/c1-4-5-6-7-8-9-10-11-12-13-14-15-16-17-18-19-28-41-33-26-22-31(23-27-33)35(39)34-30(3)37-38(36(34)40)32-24-20-29(2)21-25-32/h20-27,34H,4-19,28H2,1-3H3. The van der Waals surface area contributed by atoms with E-state index in [-0.39, 0.29) is 11.7 Å². The van der Waals surface area contributed by atoms with Gasteiger partial charge in [0.05, 0.1) is 18.0 Å². The van der Waals surface area contributed by atoms with Gasteiger partial charge in [-0.15, -0.1) is 0 Å². The van der Waals surface area contributed by atoms with Gasteiger partial charge in [0.15, 0.2) is 5.78 Å². The summed E-state index contributed by atoms with van der Waals surface area (Å²) in [5, 5.41) is 5.72. The number of carbonyl (C=O) groups is 2. The molecule has 2 aromatic carbocycles. The first-order valence-corrected chi connectivity index (χ1v) is 16.2. The van der Waals surface area contributed by atoms with Crippen LogP contribution in [-0.2, 0) is 4.79 Å². The highest BCUT2D eigenvalue weighted by Gasteiger charge is 2.39. The minimum Gasteiger partial charge on any atom is -0.494 e. The molecule has 0 N–H and O–H groups in total. The summed E-state index contributed by atoms with van der Waals surface area (Å²) in [5.74, 6) is -0.657. The molecule has 1 aliphatic heterocycles. The fourth-order valence-corrected chi connectivity index (χ4v) is 5.46. The lowest BCUT2D eigenvalue weighted by molar-refractivity contribution is -0.118. The number of carbonyl (C=O) groups excluding carboxylic acids is 2. The number of unbranched alkanes of at least 4 members (excludes halogenated alkanes) is 15. The minimum absolute atomic E-state index is 0.227. The first kappa shape index (κ1) is 32.6. The molecule has 0 fully saturated rings. The number of ketones is 1. The second-order valence-electron chi connectivity index (χ2n) is 11.7. The van der Waals surface area contributed by atoms with Crippen molar-refractivity contribution >= 4 is 23.1 Å². The van der Waals surface area contributed by atoms with Gasteiger partial charge in [-0.05, 0) is 56.7 Å². The Balaban J connectivity index is 1.23. The summed E-state index contributed by atoms with van der Waals surface area (Å²) in [6.45, 7) is 6.70. The van der Waals surface area contributed by atoms with Crippen molar-refractivity contribution in [3.63, 3.8) is 0 Å². The lowest BCUT2D eigenvalue weighted by atomic mass is 9.93. The number of anilines is 1. The van der Waals surface area contributed by atoms with E-state index in [2.05, 4.69) is 12.0 Å². The Morgan fingerprint density at radius 1 is 0.707 bits per heavy atom. The first-order chi connectivity index (χ1) is 20.0. The summed E-state index contributed by atoms with van der Waals surface area (Å²) < 4.78 is 5.90. The molecule has 2 aromatic rings. The van der Waals surface area contributed by atoms with Crippen LogP contribution >= 0.6 is 0 Å². The quantitative estimate of drug-likeness (QED) is 0.0867. The van der Waals surface area contributed by atoms with Crippen LogP contribution in [0.4, 0.5) is 5.69 Å². The minimum atomic E-state index is -0.881. The van der Waals surface area contributed by atoms with E-state index < -0.39 is 5.92 Å². The molecule has 5 heteroatoms. The van der Waals surface area contributed by atoms with Crippen LogP contribution in [0.1, 0.15) is 133 Å². The Labute approximate surface area is 248 Å². The molecule has 1 heterocycles. The van der Waals surface area contributed by atoms with Gasteiger partial charge in [-0.3, -0.25) is 9.59 Å². The highest BCUT2D eigenvalue weighted by molar-refractivity contribution is 6.30. The normalized spacial score (nSPS) is 14.9. The van der Waals surface area contributed by atoms with Gasteiger partial charge >= 0.3 is 0 Å². The molecule has 0 aromatic heterocycles. The third kappa shape index (κ3) is 11.1. The molecule has 1 amide bonds. The van der Waals surface area contributed by atoms with E-state index in [1.165, 1.54) is 101 Å². The molecule has 0 radical (unpaired) electrons. The molecule has 41 heavy (non-hydrogen) atoms. The van der Waals surface area contributed by atoms with Crippen molar-refractivity contribution in [1.82, 2.24) is 0 Å². The predicted molar refractivity (Wildman–Crippen MR) is 171 cm³/mol. The SMILES string of the molecule is CCCCCCCCCCCCCCCCCCOc1ccc(C(=O)C2C(=O)N(c3ccc(C)cc3)N=C2C)cc1. The first-order valence-electron chi connectivity index (χ1n) is 16.2. The van der Waals surface area contributed by atoms with Gasteiger partial charge in [-0.1, -0.05) is 121 Å². The van der Waals surface area contributed by atoms with Gasteiger partial charge < -0.3 is 4.74 Å². The highest BCUT2D eigenvalue weighted by Crippen LogP contribution is 2.27. The van der Waals surface area contributed by atoms with Crippen LogP contribution in [0.2, 0.25) is 0 Å².